The van der Waals surface area contributed by atoms with Crippen molar-refractivity contribution in [1.82, 2.24) is 5.32 Å². The highest BCUT2D eigenvalue weighted by atomic mass is 35.5. The standard InChI is InChI=1S/C13H16ClN3O2/c1-8-9(14)3-2-4-10(8)17-12(18)7-11-13(19)16-6-5-15-11/h2-4,11,15H,5-7H2,1H3,(H,16,19)(H,17,18)/p+1/t11-/m1/s1. The number of hydrogen-bond acceptors (Lipinski definition) is 2. The second kappa shape index (κ2) is 6.04. The Morgan fingerprint density at radius 3 is 3.11 bits per heavy atom. The zero-order valence-corrected chi connectivity index (χ0v) is 11.5. The summed E-state index contributed by atoms with van der Waals surface area (Å²) in [5.74, 6) is -0.257. The molecule has 0 aliphatic carbocycles. The number of nitrogens with one attached hydrogen (secondary N) is 2. The average molecular weight is 283 g/mol. The molecular weight excluding hydrogens is 266 g/mol. The van der Waals surface area contributed by atoms with Crippen molar-refractivity contribution < 1.29 is 14.9 Å². The number of piperazine rings is 1. The van der Waals surface area contributed by atoms with E-state index in [2.05, 4.69) is 10.6 Å². The molecule has 0 aromatic heterocycles. The summed E-state index contributed by atoms with van der Waals surface area (Å²) in [5.41, 5.74) is 1.52. The molecule has 19 heavy (non-hydrogen) atoms. The number of halogens is 1. The van der Waals surface area contributed by atoms with Crippen molar-refractivity contribution in [1.29, 1.82) is 0 Å². The van der Waals surface area contributed by atoms with Crippen LogP contribution in [0.4, 0.5) is 5.69 Å². The van der Waals surface area contributed by atoms with Crippen LogP contribution in [0.15, 0.2) is 18.2 Å². The van der Waals surface area contributed by atoms with E-state index in [9.17, 15) is 9.59 Å². The van der Waals surface area contributed by atoms with Gasteiger partial charge >= 0.3 is 0 Å². The van der Waals surface area contributed by atoms with Gasteiger partial charge in [-0.1, -0.05) is 17.7 Å². The SMILES string of the molecule is Cc1c(Cl)cccc1NC(=O)C[C@H]1[NH2+]CCNC1=O. The predicted molar refractivity (Wildman–Crippen MR) is 73.0 cm³/mol. The Morgan fingerprint density at radius 2 is 2.37 bits per heavy atom. The van der Waals surface area contributed by atoms with Crippen LogP contribution in [0.2, 0.25) is 5.02 Å². The third-order valence-electron chi connectivity index (χ3n) is 3.18. The molecule has 1 aromatic rings. The molecule has 0 spiro atoms. The van der Waals surface area contributed by atoms with Gasteiger partial charge in [0.2, 0.25) is 5.91 Å². The molecule has 6 heteroatoms. The van der Waals surface area contributed by atoms with Gasteiger partial charge in [-0.05, 0) is 24.6 Å². The number of carbonyl (C=O) groups excluding carboxylic acids is 2. The Bertz CT molecular complexity index is 505. The zero-order valence-electron chi connectivity index (χ0n) is 10.7. The van der Waals surface area contributed by atoms with Crippen molar-refractivity contribution in [3.8, 4) is 0 Å². The molecule has 0 radical (unpaired) electrons. The molecule has 1 saturated heterocycles. The summed E-state index contributed by atoms with van der Waals surface area (Å²) in [4.78, 5) is 23.5. The monoisotopic (exact) mass is 282 g/mol. The lowest BCUT2D eigenvalue weighted by molar-refractivity contribution is -0.678. The van der Waals surface area contributed by atoms with Gasteiger partial charge in [0.15, 0.2) is 6.04 Å². The maximum Gasteiger partial charge on any atom is 0.278 e. The first-order valence-corrected chi connectivity index (χ1v) is 6.61. The fraction of sp³-hybridized carbons (Fsp3) is 0.385. The van der Waals surface area contributed by atoms with Crippen molar-refractivity contribution in [3.63, 3.8) is 0 Å². The molecule has 2 rings (SSSR count). The molecule has 102 valence electrons. The molecule has 5 nitrogen and oxygen atoms in total. The van der Waals surface area contributed by atoms with E-state index in [1.54, 1.807) is 18.2 Å². The van der Waals surface area contributed by atoms with E-state index in [0.717, 1.165) is 12.1 Å². The van der Waals surface area contributed by atoms with E-state index in [-0.39, 0.29) is 24.3 Å². The summed E-state index contributed by atoms with van der Waals surface area (Å²) >= 11 is 5.99. The van der Waals surface area contributed by atoms with E-state index in [0.29, 0.717) is 17.3 Å². The Morgan fingerprint density at radius 1 is 1.58 bits per heavy atom. The van der Waals surface area contributed by atoms with Crippen LogP contribution in [0.1, 0.15) is 12.0 Å². The fourth-order valence-corrected chi connectivity index (χ4v) is 2.21. The predicted octanol–water partition coefficient (Wildman–Crippen LogP) is 0.0388. The van der Waals surface area contributed by atoms with Gasteiger partial charge in [-0.3, -0.25) is 9.59 Å². The molecule has 1 atom stereocenters. The van der Waals surface area contributed by atoms with Crippen LogP contribution in [-0.4, -0.2) is 30.9 Å². The molecule has 1 aliphatic heterocycles. The van der Waals surface area contributed by atoms with Crippen LogP contribution in [0.25, 0.3) is 0 Å². The summed E-state index contributed by atoms with van der Waals surface area (Å²) in [6, 6.07) is 5.01. The van der Waals surface area contributed by atoms with Crippen molar-refractivity contribution in [2.45, 2.75) is 19.4 Å². The van der Waals surface area contributed by atoms with E-state index in [1.165, 1.54) is 0 Å². The third kappa shape index (κ3) is 3.45. The Labute approximate surface area is 116 Å². The smallest absolute Gasteiger partial charge is 0.278 e. The molecule has 0 saturated carbocycles. The van der Waals surface area contributed by atoms with E-state index < -0.39 is 0 Å². The Balaban J connectivity index is 1.97. The van der Waals surface area contributed by atoms with Crippen LogP contribution in [0.5, 0.6) is 0 Å². The van der Waals surface area contributed by atoms with Crippen LogP contribution in [-0.2, 0) is 9.59 Å². The number of quaternary nitrogens is 1. The van der Waals surface area contributed by atoms with Crippen molar-refractivity contribution in [3.05, 3.63) is 28.8 Å². The maximum atomic E-state index is 11.9. The second-order valence-corrected chi connectivity index (χ2v) is 4.99. The molecule has 4 N–H and O–H groups in total. The molecule has 1 fully saturated rings. The fourth-order valence-electron chi connectivity index (χ4n) is 2.04. The molecular formula is C13H17ClN3O2+. The number of anilines is 1. The van der Waals surface area contributed by atoms with Crippen LogP contribution < -0.4 is 16.0 Å². The van der Waals surface area contributed by atoms with Gasteiger partial charge in [-0.25, -0.2) is 0 Å². The van der Waals surface area contributed by atoms with Gasteiger partial charge in [0.05, 0.1) is 19.5 Å². The average Bonchev–Trinajstić information content (AvgIpc) is 2.38. The van der Waals surface area contributed by atoms with Crippen LogP contribution in [0, 0.1) is 6.92 Å². The summed E-state index contributed by atoms with van der Waals surface area (Å²) in [5, 5.41) is 8.05. The minimum Gasteiger partial charge on any atom is -0.345 e. The Hall–Kier alpha value is -1.59. The maximum absolute atomic E-state index is 11.9. The zero-order chi connectivity index (χ0) is 13.8. The summed E-state index contributed by atoms with van der Waals surface area (Å²) in [6.07, 6.45) is 0.164. The Kier molecular flexibility index (Phi) is 4.39. The first-order valence-electron chi connectivity index (χ1n) is 6.24. The number of nitrogens with two attached hydrogens (primary N) is 1. The van der Waals surface area contributed by atoms with Crippen molar-refractivity contribution >= 4 is 29.1 Å². The van der Waals surface area contributed by atoms with Gasteiger partial charge < -0.3 is 16.0 Å². The number of rotatable bonds is 3. The number of carbonyl (C=O) groups is 2. The summed E-state index contributed by atoms with van der Waals surface area (Å²) < 4.78 is 0. The van der Waals surface area contributed by atoms with Gasteiger partial charge in [-0.15, -0.1) is 0 Å². The second-order valence-electron chi connectivity index (χ2n) is 4.59. The third-order valence-corrected chi connectivity index (χ3v) is 3.59. The number of amides is 2. The lowest BCUT2D eigenvalue weighted by Crippen LogP contribution is -2.96. The topological polar surface area (TPSA) is 74.8 Å². The van der Waals surface area contributed by atoms with Gasteiger partial charge in [0.1, 0.15) is 0 Å². The summed E-state index contributed by atoms with van der Waals surface area (Å²) in [7, 11) is 0. The van der Waals surface area contributed by atoms with E-state index in [1.807, 2.05) is 12.2 Å². The number of benzene rings is 1. The van der Waals surface area contributed by atoms with E-state index >= 15 is 0 Å². The molecule has 2 amide bonds. The molecule has 1 aromatic carbocycles. The lowest BCUT2D eigenvalue weighted by atomic mass is 10.1. The molecule has 0 bridgehead atoms. The first kappa shape index (κ1) is 13.8. The highest BCUT2D eigenvalue weighted by Crippen LogP contribution is 2.22. The quantitative estimate of drug-likeness (QED) is 0.732. The minimum absolute atomic E-state index is 0.0794. The number of hydrogen-bond donors (Lipinski definition) is 3. The van der Waals surface area contributed by atoms with Gasteiger partial charge in [-0.2, -0.15) is 0 Å². The van der Waals surface area contributed by atoms with Gasteiger partial charge in [0.25, 0.3) is 5.91 Å². The molecule has 1 aliphatic rings. The van der Waals surface area contributed by atoms with Gasteiger partial charge in [0, 0.05) is 10.7 Å². The minimum atomic E-state index is -0.340. The highest BCUT2D eigenvalue weighted by molar-refractivity contribution is 6.31. The van der Waals surface area contributed by atoms with E-state index in [4.69, 9.17) is 11.6 Å². The first-order chi connectivity index (χ1) is 9.08. The largest absolute Gasteiger partial charge is 0.345 e. The normalized spacial score (nSPS) is 18.8. The molecule has 1 heterocycles. The van der Waals surface area contributed by atoms with Crippen molar-refractivity contribution in [2.75, 3.05) is 18.4 Å². The van der Waals surface area contributed by atoms with Crippen molar-refractivity contribution in [2.24, 2.45) is 0 Å². The van der Waals surface area contributed by atoms with Crippen LogP contribution in [0.3, 0.4) is 0 Å². The molecule has 0 unspecified atom stereocenters. The summed E-state index contributed by atoms with van der Waals surface area (Å²) in [6.45, 7) is 3.31. The lowest BCUT2D eigenvalue weighted by Gasteiger charge is -2.20. The highest BCUT2D eigenvalue weighted by Gasteiger charge is 2.27. The van der Waals surface area contributed by atoms with Crippen LogP contribution >= 0.6 is 11.6 Å².